The van der Waals surface area contributed by atoms with Gasteiger partial charge in [0, 0.05) is 16.8 Å². The summed E-state index contributed by atoms with van der Waals surface area (Å²) in [7, 11) is -2.76. The van der Waals surface area contributed by atoms with Gasteiger partial charge in [-0.05, 0) is 17.7 Å². The lowest BCUT2D eigenvalue weighted by Gasteiger charge is -2.19. The van der Waals surface area contributed by atoms with Crippen molar-refractivity contribution in [3.8, 4) is 5.75 Å². The summed E-state index contributed by atoms with van der Waals surface area (Å²) in [6, 6.07) is 26.9. The molecule has 0 atom stereocenters. The van der Waals surface area contributed by atoms with Gasteiger partial charge < -0.3 is 14.4 Å². The first-order valence-electron chi connectivity index (χ1n) is 8.25. The number of rotatable bonds is 7. The zero-order chi connectivity index (χ0) is 17.5. The average Bonchev–Trinajstić information content (AvgIpc) is 2.69. The Hall–Kier alpha value is -2.35. The molecule has 0 bridgehead atoms. The highest BCUT2D eigenvalue weighted by molar-refractivity contribution is 7.78. The maximum Gasteiger partial charge on any atom is 0.147 e. The zero-order valence-corrected chi connectivity index (χ0v) is 14.8. The van der Waals surface area contributed by atoms with Crippen LogP contribution in [0.5, 0.6) is 5.75 Å². The summed E-state index contributed by atoms with van der Waals surface area (Å²) in [5, 5.41) is 10.6. The van der Waals surface area contributed by atoms with E-state index in [1.54, 1.807) is 0 Å². The Bertz CT molecular complexity index is 787. The van der Waals surface area contributed by atoms with Crippen molar-refractivity contribution in [1.29, 1.82) is 0 Å². The largest absolute Gasteiger partial charge is 0.491 e. The molecule has 0 aliphatic rings. The van der Waals surface area contributed by atoms with E-state index in [1.807, 2.05) is 84.9 Å². The van der Waals surface area contributed by atoms with Crippen LogP contribution in [0, 0.1) is 0 Å². The normalized spacial score (nSPS) is 11.2. The van der Waals surface area contributed by atoms with Crippen LogP contribution in [0.1, 0.15) is 5.56 Å². The monoisotopic (exact) mass is 352 g/mol. The maximum atomic E-state index is 14.0. The lowest BCUT2D eigenvalue weighted by molar-refractivity contribution is 0.201. The van der Waals surface area contributed by atoms with Gasteiger partial charge in [0.15, 0.2) is 0 Å². The predicted octanol–water partition coefficient (Wildman–Crippen LogP) is 3.57. The van der Waals surface area contributed by atoms with Crippen LogP contribution in [-0.4, -0.2) is 18.3 Å². The molecular formula is C21H21O3P. The van der Waals surface area contributed by atoms with Gasteiger partial charge in [-0.15, -0.1) is 0 Å². The molecule has 0 spiro atoms. The third kappa shape index (κ3) is 4.19. The Kier molecular flexibility index (Phi) is 5.70. The van der Waals surface area contributed by atoms with Gasteiger partial charge in [-0.1, -0.05) is 72.8 Å². The number of benzene rings is 3. The molecule has 4 heteroatoms. The van der Waals surface area contributed by atoms with Crippen LogP contribution in [0.15, 0.2) is 84.9 Å². The SMILES string of the molecule is O=P(Cc1ccc(OCCO)cc1)(c1ccccc1)c1ccccc1. The maximum absolute atomic E-state index is 14.0. The number of aliphatic hydroxyl groups is 1. The summed E-state index contributed by atoms with van der Waals surface area (Å²) >= 11 is 0. The fraction of sp³-hybridized carbons (Fsp3) is 0.143. The highest BCUT2D eigenvalue weighted by Crippen LogP contribution is 2.46. The lowest BCUT2D eigenvalue weighted by atomic mass is 10.2. The smallest absolute Gasteiger partial charge is 0.147 e. The second-order valence-electron chi connectivity index (χ2n) is 5.78. The molecule has 3 aromatic rings. The molecular weight excluding hydrogens is 331 g/mol. The molecule has 25 heavy (non-hydrogen) atoms. The van der Waals surface area contributed by atoms with Crippen LogP contribution in [-0.2, 0) is 10.7 Å². The predicted molar refractivity (Wildman–Crippen MR) is 102 cm³/mol. The Balaban J connectivity index is 1.92. The van der Waals surface area contributed by atoms with Crippen LogP contribution in [0.3, 0.4) is 0 Å². The van der Waals surface area contributed by atoms with Gasteiger partial charge in [0.25, 0.3) is 0 Å². The van der Waals surface area contributed by atoms with Gasteiger partial charge in [-0.2, -0.15) is 0 Å². The molecule has 0 radical (unpaired) electrons. The van der Waals surface area contributed by atoms with Gasteiger partial charge in [0.05, 0.1) is 6.61 Å². The van der Waals surface area contributed by atoms with E-state index in [9.17, 15) is 4.57 Å². The number of aliphatic hydroxyl groups excluding tert-OH is 1. The Morgan fingerprint density at radius 3 is 1.76 bits per heavy atom. The van der Waals surface area contributed by atoms with Gasteiger partial charge in [-0.3, -0.25) is 0 Å². The molecule has 0 heterocycles. The highest BCUT2D eigenvalue weighted by Gasteiger charge is 2.27. The second-order valence-corrected chi connectivity index (χ2v) is 8.61. The standard InChI is InChI=1S/C21H21O3P/c22-15-16-24-19-13-11-18(12-14-19)17-25(23,20-7-3-1-4-8-20)21-9-5-2-6-10-21/h1-14,22H,15-17H2. The minimum Gasteiger partial charge on any atom is -0.491 e. The molecule has 0 aliphatic heterocycles. The van der Waals surface area contributed by atoms with Crippen molar-refractivity contribution in [2.75, 3.05) is 13.2 Å². The van der Waals surface area contributed by atoms with Crippen LogP contribution >= 0.6 is 7.14 Å². The molecule has 0 unspecified atom stereocenters. The van der Waals surface area contributed by atoms with Crippen molar-refractivity contribution in [3.05, 3.63) is 90.5 Å². The van der Waals surface area contributed by atoms with Crippen molar-refractivity contribution in [3.63, 3.8) is 0 Å². The summed E-state index contributed by atoms with van der Waals surface area (Å²) in [5.41, 5.74) is 0.993. The third-order valence-corrected chi connectivity index (χ3v) is 7.11. The fourth-order valence-electron chi connectivity index (χ4n) is 2.78. The van der Waals surface area contributed by atoms with Crippen molar-refractivity contribution in [2.45, 2.75) is 6.16 Å². The molecule has 0 aromatic heterocycles. The molecule has 0 amide bonds. The van der Waals surface area contributed by atoms with E-state index < -0.39 is 7.14 Å². The van der Waals surface area contributed by atoms with E-state index in [1.165, 1.54) is 0 Å². The first-order chi connectivity index (χ1) is 12.2. The fourth-order valence-corrected chi connectivity index (χ4v) is 5.48. The molecule has 1 N–H and O–H groups in total. The molecule has 3 rings (SSSR count). The molecule has 0 fully saturated rings. The van der Waals surface area contributed by atoms with Gasteiger partial charge in [0.1, 0.15) is 19.5 Å². The second kappa shape index (κ2) is 8.15. The van der Waals surface area contributed by atoms with Gasteiger partial charge in [0.2, 0.25) is 0 Å². The van der Waals surface area contributed by atoms with Crippen LogP contribution in [0.4, 0.5) is 0 Å². The molecule has 3 nitrogen and oxygen atoms in total. The van der Waals surface area contributed by atoms with E-state index in [0.717, 1.165) is 16.2 Å². The number of hydrogen-bond donors (Lipinski definition) is 1. The minimum atomic E-state index is -2.76. The summed E-state index contributed by atoms with van der Waals surface area (Å²) in [6.07, 6.45) is 0.460. The summed E-state index contributed by atoms with van der Waals surface area (Å²) < 4.78 is 19.4. The minimum absolute atomic E-state index is 0.0149. The van der Waals surface area contributed by atoms with Crippen molar-refractivity contribution >= 4 is 17.8 Å². The zero-order valence-electron chi connectivity index (χ0n) is 13.9. The van der Waals surface area contributed by atoms with E-state index in [-0.39, 0.29) is 13.2 Å². The molecule has 0 aliphatic carbocycles. The van der Waals surface area contributed by atoms with E-state index >= 15 is 0 Å². The van der Waals surface area contributed by atoms with Crippen molar-refractivity contribution < 1.29 is 14.4 Å². The molecule has 128 valence electrons. The van der Waals surface area contributed by atoms with Crippen LogP contribution in [0.25, 0.3) is 0 Å². The topological polar surface area (TPSA) is 46.5 Å². The summed E-state index contributed by atoms with van der Waals surface area (Å²) in [6.45, 7) is 0.255. The van der Waals surface area contributed by atoms with E-state index in [4.69, 9.17) is 9.84 Å². The Morgan fingerprint density at radius 2 is 1.28 bits per heavy atom. The Morgan fingerprint density at radius 1 is 0.760 bits per heavy atom. The molecule has 3 aromatic carbocycles. The lowest BCUT2D eigenvalue weighted by Crippen LogP contribution is -2.17. The van der Waals surface area contributed by atoms with E-state index in [2.05, 4.69) is 0 Å². The number of ether oxygens (including phenoxy) is 1. The quantitative estimate of drug-likeness (QED) is 0.661. The molecule has 0 saturated carbocycles. The summed E-state index contributed by atoms with van der Waals surface area (Å²) in [5.74, 6) is 0.701. The van der Waals surface area contributed by atoms with E-state index in [0.29, 0.717) is 11.9 Å². The van der Waals surface area contributed by atoms with Gasteiger partial charge >= 0.3 is 0 Å². The number of hydrogen-bond acceptors (Lipinski definition) is 3. The summed E-state index contributed by atoms with van der Waals surface area (Å²) in [4.78, 5) is 0. The third-order valence-electron chi connectivity index (χ3n) is 4.04. The average molecular weight is 352 g/mol. The van der Waals surface area contributed by atoms with Crippen LogP contribution in [0.2, 0.25) is 0 Å². The van der Waals surface area contributed by atoms with Crippen LogP contribution < -0.4 is 15.3 Å². The first-order valence-corrected chi connectivity index (χ1v) is 10.1. The van der Waals surface area contributed by atoms with Gasteiger partial charge in [-0.25, -0.2) is 0 Å². The first kappa shape index (κ1) is 17.5. The van der Waals surface area contributed by atoms with Crippen molar-refractivity contribution in [1.82, 2.24) is 0 Å². The van der Waals surface area contributed by atoms with Crippen molar-refractivity contribution in [2.24, 2.45) is 0 Å². The Labute approximate surface area is 148 Å². The molecule has 0 saturated heterocycles. The highest BCUT2D eigenvalue weighted by atomic mass is 31.2.